The summed E-state index contributed by atoms with van der Waals surface area (Å²) in [6.07, 6.45) is 0. The van der Waals surface area contributed by atoms with E-state index in [9.17, 15) is 0 Å². The summed E-state index contributed by atoms with van der Waals surface area (Å²) >= 11 is 20.5. The molecule has 0 heterocycles. The Morgan fingerprint density at radius 1 is 1.43 bits per heavy atom. The lowest BCUT2D eigenvalue weighted by Crippen LogP contribution is -1.53. The molecule has 5 heteroatoms. The Morgan fingerprint density at radius 2 is 1.43 bits per heavy atom. The molecule has 0 N–H and O–H groups in total. The minimum absolute atomic E-state index is 0.410. The molecule has 0 aromatic rings. The summed E-state index contributed by atoms with van der Waals surface area (Å²) in [7, 11) is 0. The quantitative estimate of drug-likeness (QED) is 0.597. The van der Waals surface area contributed by atoms with E-state index in [2.05, 4.69) is 31.9 Å². The zero-order chi connectivity index (χ0) is 6.28. The molecule has 0 unspecified atom stereocenters. The summed E-state index contributed by atoms with van der Waals surface area (Å²) in [5, 5.41) is 0. The lowest BCUT2D eigenvalue weighted by atomic mass is 11.9. The molecule has 0 spiro atoms. The fourth-order valence-electron chi connectivity index (χ4n) is 0. The van der Waals surface area contributed by atoms with Gasteiger partial charge in [-0.15, -0.1) is 11.6 Å². The first-order chi connectivity index (χ1) is 3.15. The van der Waals surface area contributed by atoms with Gasteiger partial charge >= 0.3 is 0 Å². The average molecular weight is 293 g/mol. The van der Waals surface area contributed by atoms with Crippen LogP contribution in [-0.2, 0) is 0 Å². The van der Waals surface area contributed by atoms with Gasteiger partial charge in [-0.05, 0) is 0 Å². The SMILES string of the molecule is ClC(Cl)Br.ClCBr. The van der Waals surface area contributed by atoms with Crippen molar-refractivity contribution in [3.63, 3.8) is 0 Å². The van der Waals surface area contributed by atoms with E-state index in [1.807, 2.05) is 0 Å². The Hall–Kier alpha value is 1.83. The van der Waals surface area contributed by atoms with Gasteiger partial charge < -0.3 is 0 Å². The molecule has 0 bridgehead atoms. The van der Waals surface area contributed by atoms with E-state index < -0.39 is 3.75 Å². The predicted octanol–water partition coefficient (Wildman–Crippen LogP) is 3.72. The fraction of sp³-hybridized carbons (Fsp3) is 1.00. The highest BCUT2D eigenvalue weighted by Crippen LogP contribution is 2.07. The first-order valence-electron chi connectivity index (χ1n) is 1.19. The van der Waals surface area contributed by atoms with Crippen molar-refractivity contribution in [2.75, 3.05) is 4.79 Å². The maximum absolute atomic E-state index is 4.96. The maximum Gasteiger partial charge on any atom is 0.162 e. The summed E-state index contributed by atoms with van der Waals surface area (Å²) in [6.45, 7) is 0. The highest BCUT2D eigenvalue weighted by Gasteiger charge is 1.78. The van der Waals surface area contributed by atoms with Gasteiger partial charge in [-0.1, -0.05) is 55.1 Å². The number of hydrogen-bond acceptors (Lipinski definition) is 0. The fourth-order valence-corrected chi connectivity index (χ4v) is 0. The Balaban J connectivity index is 0. The number of alkyl halides is 5. The van der Waals surface area contributed by atoms with Crippen LogP contribution in [0.25, 0.3) is 0 Å². The van der Waals surface area contributed by atoms with E-state index in [0.717, 1.165) is 0 Å². The van der Waals surface area contributed by atoms with Crippen LogP contribution < -0.4 is 0 Å². The van der Waals surface area contributed by atoms with Crippen LogP contribution in [0, 0.1) is 0 Å². The average Bonchev–Trinajstić information content (AvgIpc) is 1.33. The third kappa shape index (κ3) is 79.5. The van der Waals surface area contributed by atoms with Gasteiger partial charge in [0, 0.05) is 0 Å². The molecule has 0 aliphatic carbocycles. The Kier molecular flexibility index (Phi) is 17.8. The van der Waals surface area contributed by atoms with Gasteiger partial charge in [0.05, 0.1) is 4.79 Å². The molecular formula is C2H3Br2Cl3. The minimum Gasteiger partial charge on any atom is -0.114 e. The van der Waals surface area contributed by atoms with E-state index in [0.29, 0.717) is 4.79 Å². The van der Waals surface area contributed by atoms with E-state index in [4.69, 9.17) is 34.8 Å². The maximum atomic E-state index is 4.96. The monoisotopic (exact) mass is 290 g/mol. The van der Waals surface area contributed by atoms with Gasteiger partial charge in [0.25, 0.3) is 0 Å². The molecule has 0 saturated heterocycles. The topological polar surface area (TPSA) is 0 Å². The lowest BCUT2D eigenvalue weighted by molar-refractivity contribution is 2.06. The van der Waals surface area contributed by atoms with Crippen molar-refractivity contribution in [2.24, 2.45) is 0 Å². The predicted molar refractivity (Wildman–Crippen MR) is 44.1 cm³/mol. The van der Waals surface area contributed by atoms with E-state index in [-0.39, 0.29) is 0 Å². The summed E-state index contributed by atoms with van der Waals surface area (Å²) in [5.41, 5.74) is 0. The van der Waals surface area contributed by atoms with Crippen LogP contribution in [0.15, 0.2) is 0 Å². The van der Waals surface area contributed by atoms with Crippen LogP contribution >= 0.6 is 66.7 Å². The lowest BCUT2D eigenvalue weighted by Gasteiger charge is -1.69. The Morgan fingerprint density at radius 3 is 1.43 bits per heavy atom. The van der Waals surface area contributed by atoms with Crippen LogP contribution in [-0.4, -0.2) is 8.53 Å². The highest BCUT2D eigenvalue weighted by molar-refractivity contribution is 9.10. The second kappa shape index (κ2) is 10.7. The largest absolute Gasteiger partial charge is 0.162 e. The van der Waals surface area contributed by atoms with Crippen LogP contribution in [0.1, 0.15) is 0 Å². The third-order valence-electron chi connectivity index (χ3n) is 0. The zero-order valence-electron chi connectivity index (χ0n) is 3.17. The van der Waals surface area contributed by atoms with Crippen molar-refractivity contribution < 1.29 is 0 Å². The van der Waals surface area contributed by atoms with E-state index in [1.54, 1.807) is 0 Å². The number of rotatable bonds is 0. The molecule has 0 rings (SSSR count). The van der Waals surface area contributed by atoms with Gasteiger partial charge in [0.15, 0.2) is 3.75 Å². The third-order valence-corrected chi connectivity index (χ3v) is 0. The van der Waals surface area contributed by atoms with Crippen LogP contribution in [0.3, 0.4) is 0 Å². The van der Waals surface area contributed by atoms with Gasteiger partial charge in [0.1, 0.15) is 0 Å². The molecule has 0 fully saturated rings. The molecule has 46 valence electrons. The standard InChI is InChI=1S/CHBrCl2.CH2BrCl/c2-1(3)4;2-1-3/h1H;1H2. The molecule has 0 aliphatic rings. The minimum atomic E-state index is -0.410. The summed E-state index contributed by atoms with van der Waals surface area (Å²) in [5.74, 6) is 0. The molecule has 0 aromatic heterocycles. The second-order valence-electron chi connectivity index (χ2n) is 0.348. The van der Waals surface area contributed by atoms with Crippen molar-refractivity contribution in [3.05, 3.63) is 0 Å². The van der Waals surface area contributed by atoms with Crippen molar-refractivity contribution in [1.29, 1.82) is 0 Å². The second-order valence-corrected chi connectivity index (χ2v) is 4.89. The van der Waals surface area contributed by atoms with Crippen molar-refractivity contribution in [1.82, 2.24) is 0 Å². The molecule has 0 radical (unpaired) electrons. The van der Waals surface area contributed by atoms with Crippen LogP contribution in [0.4, 0.5) is 0 Å². The van der Waals surface area contributed by atoms with Crippen molar-refractivity contribution in [2.45, 2.75) is 3.75 Å². The normalized spacial score (nSPS) is 7.71. The molecule has 0 aliphatic heterocycles. The Labute approximate surface area is 74.8 Å². The van der Waals surface area contributed by atoms with Gasteiger partial charge in [-0.2, -0.15) is 0 Å². The van der Waals surface area contributed by atoms with Crippen molar-refractivity contribution in [3.8, 4) is 0 Å². The first-order valence-corrected chi connectivity index (χ1v) is 4.63. The number of halogens is 5. The summed E-state index contributed by atoms with van der Waals surface area (Å²) in [6, 6.07) is 0. The molecular weight excluding hydrogens is 290 g/mol. The molecule has 7 heavy (non-hydrogen) atoms. The molecule has 0 nitrogen and oxygen atoms in total. The highest BCUT2D eigenvalue weighted by atomic mass is 79.9. The summed E-state index contributed by atoms with van der Waals surface area (Å²) in [4.78, 5) is 0.535. The van der Waals surface area contributed by atoms with Gasteiger partial charge in [0.2, 0.25) is 0 Å². The van der Waals surface area contributed by atoms with E-state index in [1.165, 1.54) is 0 Å². The zero-order valence-corrected chi connectivity index (χ0v) is 8.61. The molecule has 0 saturated carbocycles. The van der Waals surface area contributed by atoms with Crippen molar-refractivity contribution >= 4 is 66.7 Å². The van der Waals surface area contributed by atoms with Gasteiger partial charge in [-0.25, -0.2) is 0 Å². The molecule has 0 atom stereocenters. The molecule has 0 amide bonds. The smallest absolute Gasteiger partial charge is 0.114 e. The van der Waals surface area contributed by atoms with Gasteiger partial charge in [-0.3, -0.25) is 0 Å². The number of hydrogen-bond donors (Lipinski definition) is 0. The Bertz CT molecular complexity index is 22.1. The first kappa shape index (κ1) is 11.6. The van der Waals surface area contributed by atoms with Crippen LogP contribution in [0.2, 0.25) is 0 Å². The molecule has 0 aromatic carbocycles. The summed E-state index contributed by atoms with van der Waals surface area (Å²) < 4.78 is -0.410. The van der Waals surface area contributed by atoms with Crippen LogP contribution in [0.5, 0.6) is 0 Å². The van der Waals surface area contributed by atoms with E-state index >= 15 is 0 Å².